The predicted molar refractivity (Wildman–Crippen MR) is 66.7 cm³/mol. The molecule has 0 saturated carbocycles. The zero-order chi connectivity index (χ0) is 11.7. The molecule has 84 valence electrons. The smallest absolute Gasteiger partial charge is 0.261 e. The van der Waals surface area contributed by atoms with Gasteiger partial charge >= 0.3 is 0 Å². The lowest BCUT2D eigenvalue weighted by molar-refractivity contribution is 0.0570. The highest BCUT2D eigenvalue weighted by atomic mass is 127. The van der Waals surface area contributed by atoms with Gasteiger partial charge in [-0.25, -0.2) is 0 Å². The molecular formula is C11H10INO3. The first kappa shape index (κ1) is 11.5. The van der Waals surface area contributed by atoms with Crippen molar-refractivity contribution in [3.05, 3.63) is 35.4 Å². The van der Waals surface area contributed by atoms with E-state index in [1.165, 1.54) is 0 Å². The van der Waals surface area contributed by atoms with Crippen LogP contribution in [0, 0.1) is 0 Å². The van der Waals surface area contributed by atoms with Crippen molar-refractivity contribution >= 4 is 34.4 Å². The molecule has 1 N–H and O–H groups in total. The van der Waals surface area contributed by atoms with Gasteiger partial charge in [0.25, 0.3) is 11.8 Å². The van der Waals surface area contributed by atoms with Gasteiger partial charge in [-0.15, -0.1) is 0 Å². The number of fused-ring (bicyclic) bond motifs is 1. The molecule has 16 heavy (non-hydrogen) atoms. The van der Waals surface area contributed by atoms with Gasteiger partial charge in [0.2, 0.25) is 0 Å². The molecule has 0 fully saturated rings. The van der Waals surface area contributed by atoms with Crippen LogP contribution >= 0.6 is 22.6 Å². The number of benzene rings is 1. The van der Waals surface area contributed by atoms with Gasteiger partial charge < -0.3 is 5.11 Å². The highest BCUT2D eigenvalue weighted by molar-refractivity contribution is 14.1. The van der Waals surface area contributed by atoms with Crippen LogP contribution in [-0.4, -0.2) is 38.9 Å². The van der Waals surface area contributed by atoms with Crippen molar-refractivity contribution in [1.82, 2.24) is 4.90 Å². The van der Waals surface area contributed by atoms with Gasteiger partial charge in [0, 0.05) is 4.43 Å². The number of nitrogens with zero attached hydrogens (tertiary/aromatic N) is 1. The van der Waals surface area contributed by atoms with Crippen LogP contribution in [0.2, 0.25) is 0 Å². The third-order valence-corrected chi connectivity index (χ3v) is 3.47. The van der Waals surface area contributed by atoms with E-state index in [-0.39, 0.29) is 18.4 Å². The summed E-state index contributed by atoms with van der Waals surface area (Å²) in [4.78, 5) is 24.8. The molecule has 0 spiro atoms. The van der Waals surface area contributed by atoms with Gasteiger partial charge in [-0.05, 0) is 12.1 Å². The summed E-state index contributed by atoms with van der Waals surface area (Å²) < 4.78 is 0.491. The van der Waals surface area contributed by atoms with Crippen molar-refractivity contribution in [2.75, 3.05) is 11.0 Å². The van der Waals surface area contributed by atoms with Crippen LogP contribution in [0.15, 0.2) is 24.3 Å². The van der Waals surface area contributed by atoms with E-state index < -0.39 is 6.10 Å². The first-order valence-corrected chi connectivity index (χ1v) is 6.37. The standard InChI is InChI=1S/C11H10INO3/c12-5-7(14)6-13-10(15)8-3-1-2-4-9(8)11(13)16/h1-4,7,14H,5-6H2/t7-/m1/s1. The van der Waals surface area contributed by atoms with E-state index in [1.54, 1.807) is 24.3 Å². The number of carbonyl (C=O) groups is 2. The number of rotatable bonds is 3. The van der Waals surface area contributed by atoms with Crippen molar-refractivity contribution < 1.29 is 14.7 Å². The second-order valence-electron chi connectivity index (χ2n) is 3.57. The number of hydrogen-bond acceptors (Lipinski definition) is 3. The van der Waals surface area contributed by atoms with Gasteiger partial charge in [0.05, 0.1) is 23.8 Å². The Hall–Kier alpha value is -0.950. The van der Waals surface area contributed by atoms with Crippen LogP contribution in [0.5, 0.6) is 0 Å². The normalized spacial score (nSPS) is 16.5. The van der Waals surface area contributed by atoms with Gasteiger partial charge in [-0.2, -0.15) is 0 Å². The van der Waals surface area contributed by atoms with E-state index in [0.29, 0.717) is 15.6 Å². The van der Waals surface area contributed by atoms with Crippen molar-refractivity contribution in [2.24, 2.45) is 0 Å². The highest BCUT2D eigenvalue weighted by Gasteiger charge is 2.35. The maximum Gasteiger partial charge on any atom is 0.261 e. The molecular weight excluding hydrogens is 321 g/mol. The minimum Gasteiger partial charge on any atom is -0.390 e. The zero-order valence-electron chi connectivity index (χ0n) is 8.39. The van der Waals surface area contributed by atoms with Gasteiger partial charge in [-0.3, -0.25) is 14.5 Å². The molecule has 4 nitrogen and oxygen atoms in total. The molecule has 5 heteroatoms. The molecule has 0 aliphatic carbocycles. The monoisotopic (exact) mass is 331 g/mol. The summed E-state index contributed by atoms with van der Waals surface area (Å²) in [6.07, 6.45) is -0.664. The van der Waals surface area contributed by atoms with Gasteiger partial charge in [0.15, 0.2) is 0 Å². The number of halogens is 1. The Kier molecular flexibility index (Phi) is 3.25. The van der Waals surface area contributed by atoms with Crippen molar-refractivity contribution in [2.45, 2.75) is 6.10 Å². The third kappa shape index (κ3) is 1.84. The maximum atomic E-state index is 11.9. The van der Waals surface area contributed by atoms with Crippen LogP contribution in [-0.2, 0) is 0 Å². The Morgan fingerprint density at radius 3 is 2.12 bits per heavy atom. The quantitative estimate of drug-likeness (QED) is 0.512. The fraction of sp³-hybridized carbons (Fsp3) is 0.273. The molecule has 2 rings (SSSR count). The number of imide groups is 1. The molecule has 0 radical (unpaired) electrons. The largest absolute Gasteiger partial charge is 0.390 e. The number of β-amino-alcohol motifs (C(OH)–C–C–N with tert-alkyl or cyclic N) is 1. The number of amides is 2. The number of aliphatic hydroxyl groups excluding tert-OH is 1. The van der Waals surface area contributed by atoms with E-state index in [0.717, 1.165) is 4.90 Å². The Morgan fingerprint density at radius 2 is 1.69 bits per heavy atom. The van der Waals surface area contributed by atoms with Gasteiger partial charge in [-0.1, -0.05) is 34.7 Å². The summed E-state index contributed by atoms with van der Waals surface area (Å²) in [6.45, 7) is 0.0648. The number of alkyl halides is 1. The predicted octanol–water partition coefficient (Wildman–Crippen LogP) is 1.08. The Labute approximate surface area is 106 Å². The molecule has 2 amide bonds. The lowest BCUT2D eigenvalue weighted by Crippen LogP contribution is -2.37. The van der Waals surface area contributed by atoms with Crippen LogP contribution in [0.25, 0.3) is 0 Å². The van der Waals surface area contributed by atoms with Crippen LogP contribution < -0.4 is 0 Å². The number of aliphatic hydroxyl groups is 1. The lowest BCUT2D eigenvalue weighted by atomic mass is 10.1. The van der Waals surface area contributed by atoms with Gasteiger partial charge in [0.1, 0.15) is 0 Å². The average molecular weight is 331 g/mol. The summed E-state index contributed by atoms with van der Waals surface area (Å²) in [6, 6.07) is 6.71. The fourth-order valence-corrected chi connectivity index (χ4v) is 1.94. The minimum absolute atomic E-state index is 0.0648. The average Bonchev–Trinajstić information content (AvgIpc) is 2.55. The molecule has 0 bridgehead atoms. The molecule has 1 aliphatic heterocycles. The van der Waals surface area contributed by atoms with E-state index in [1.807, 2.05) is 22.6 Å². The maximum absolute atomic E-state index is 11.9. The number of carbonyl (C=O) groups excluding carboxylic acids is 2. The molecule has 1 aliphatic rings. The molecule has 1 aromatic carbocycles. The molecule has 0 saturated heterocycles. The summed E-state index contributed by atoms with van der Waals surface area (Å²) in [5.41, 5.74) is 0.848. The molecule has 0 aromatic heterocycles. The second-order valence-corrected chi connectivity index (χ2v) is 4.46. The van der Waals surface area contributed by atoms with E-state index in [2.05, 4.69) is 0 Å². The molecule has 1 heterocycles. The second kappa shape index (κ2) is 4.50. The summed E-state index contributed by atoms with van der Waals surface area (Å²) >= 11 is 2.01. The minimum atomic E-state index is -0.664. The third-order valence-electron chi connectivity index (χ3n) is 2.45. The Morgan fingerprint density at radius 1 is 1.19 bits per heavy atom. The van der Waals surface area contributed by atoms with Crippen LogP contribution in [0.1, 0.15) is 20.7 Å². The Bertz CT molecular complexity index is 412. The van der Waals surface area contributed by atoms with Crippen molar-refractivity contribution in [1.29, 1.82) is 0 Å². The topological polar surface area (TPSA) is 57.6 Å². The van der Waals surface area contributed by atoms with Crippen molar-refractivity contribution in [3.8, 4) is 0 Å². The zero-order valence-corrected chi connectivity index (χ0v) is 10.5. The summed E-state index contributed by atoms with van der Waals surface area (Å²) in [7, 11) is 0. The SMILES string of the molecule is O=C1c2ccccc2C(=O)N1C[C@H](O)CI. The summed E-state index contributed by atoms with van der Waals surface area (Å²) in [5.74, 6) is -0.631. The first-order chi connectivity index (χ1) is 7.65. The summed E-state index contributed by atoms with van der Waals surface area (Å²) in [5, 5.41) is 9.48. The van der Waals surface area contributed by atoms with E-state index >= 15 is 0 Å². The van der Waals surface area contributed by atoms with E-state index in [4.69, 9.17) is 0 Å². The molecule has 1 atom stereocenters. The first-order valence-electron chi connectivity index (χ1n) is 4.84. The molecule has 1 aromatic rings. The Balaban J connectivity index is 2.28. The molecule has 0 unspecified atom stereocenters. The highest BCUT2D eigenvalue weighted by Crippen LogP contribution is 2.22. The van der Waals surface area contributed by atoms with Crippen LogP contribution in [0.4, 0.5) is 0 Å². The van der Waals surface area contributed by atoms with Crippen LogP contribution in [0.3, 0.4) is 0 Å². The van der Waals surface area contributed by atoms with E-state index in [9.17, 15) is 14.7 Å². The lowest BCUT2D eigenvalue weighted by Gasteiger charge is -2.16. The van der Waals surface area contributed by atoms with Crippen molar-refractivity contribution in [3.63, 3.8) is 0 Å². The fourth-order valence-electron chi connectivity index (χ4n) is 1.66. The number of hydrogen-bond donors (Lipinski definition) is 1.